The normalized spacial score (nSPS) is 12.4. The van der Waals surface area contributed by atoms with Gasteiger partial charge in [-0.05, 0) is 41.3 Å². The van der Waals surface area contributed by atoms with E-state index < -0.39 is 21.8 Å². The van der Waals surface area contributed by atoms with Gasteiger partial charge in [0.1, 0.15) is 6.04 Å². The summed E-state index contributed by atoms with van der Waals surface area (Å²) < 4.78 is 23.7. The average Bonchev–Trinajstić information content (AvgIpc) is 3.43. The molecule has 0 radical (unpaired) electrons. The monoisotopic (exact) mass is 467 g/mol. The molecule has 0 spiro atoms. The van der Waals surface area contributed by atoms with E-state index in [9.17, 15) is 18.0 Å². The van der Waals surface area contributed by atoms with Gasteiger partial charge in [0, 0.05) is 35.5 Å². The fourth-order valence-corrected chi connectivity index (χ4v) is 4.69. The third-order valence-electron chi connectivity index (χ3n) is 5.00. The molecule has 32 heavy (non-hydrogen) atoms. The number of amides is 2. The van der Waals surface area contributed by atoms with Crippen LogP contribution in [0.1, 0.15) is 15.2 Å². The van der Waals surface area contributed by atoms with E-state index in [-0.39, 0.29) is 17.2 Å². The second kappa shape index (κ2) is 8.97. The van der Waals surface area contributed by atoms with E-state index in [1.165, 1.54) is 23.5 Å². The minimum absolute atomic E-state index is 0.103. The Kier molecular flexibility index (Phi) is 6.11. The van der Waals surface area contributed by atoms with Crippen LogP contribution in [0.3, 0.4) is 0 Å². The highest BCUT2D eigenvalue weighted by Gasteiger charge is 2.24. The Labute approximate surface area is 189 Å². The molecule has 3 N–H and O–H groups in total. The summed E-state index contributed by atoms with van der Waals surface area (Å²) in [5.74, 6) is -0.782. The third-order valence-corrected chi connectivity index (χ3v) is 6.97. The number of fused-ring (bicyclic) bond motifs is 1. The molecular weight excluding hydrogens is 446 g/mol. The van der Waals surface area contributed by atoms with Gasteiger partial charge in [0.25, 0.3) is 5.91 Å². The molecule has 0 aliphatic carbocycles. The lowest BCUT2D eigenvalue weighted by Gasteiger charge is -2.18. The van der Waals surface area contributed by atoms with E-state index in [0.29, 0.717) is 10.6 Å². The smallest absolute Gasteiger partial charge is 0.262 e. The maximum atomic E-state index is 13.2. The predicted octanol–water partition coefficient (Wildman–Crippen LogP) is 3.61. The van der Waals surface area contributed by atoms with Gasteiger partial charge in [-0.25, -0.2) is 8.42 Å². The number of carbonyl (C=O) groups is 2. The van der Waals surface area contributed by atoms with Gasteiger partial charge in [0.05, 0.1) is 9.77 Å². The Bertz CT molecular complexity index is 1380. The summed E-state index contributed by atoms with van der Waals surface area (Å²) in [4.78, 5) is 29.6. The Balaban J connectivity index is 1.60. The highest BCUT2D eigenvalue weighted by atomic mass is 32.2. The van der Waals surface area contributed by atoms with Gasteiger partial charge >= 0.3 is 0 Å². The van der Waals surface area contributed by atoms with Crippen LogP contribution in [0.4, 0.5) is 5.69 Å². The van der Waals surface area contributed by atoms with Crippen LogP contribution in [0.25, 0.3) is 10.9 Å². The zero-order valence-corrected chi connectivity index (χ0v) is 18.8. The standard InChI is InChI=1S/C23H21N3O4S2/c1-32(29,30)17-7-4-6-16(13-17)25-22(27)20(26-23(28)21-10-5-11-31-21)12-15-14-24-19-9-3-2-8-18(15)19/h2-11,13-14,20,24H,12H2,1H3,(H,25,27)(H,26,28)/t20-/m1/s1. The number of para-hydroxylation sites is 1. The van der Waals surface area contributed by atoms with Crippen LogP contribution in [-0.2, 0) is 21.1 Å². The molecule has 2 amide bonds. The molecule has 0 aliphatic heterocycles. The first-order valence-electron chi connectivity index (χ1n) is 9.81. The molecule has 2 aromatic carbocycles. The van der Waals surface area contributed by atoms with Crippen LogP contribution in [0.2, 0.25) is 0 Å². The van der Waals surface area contributed by atoms with Crippen molar-refractivity contribution in [1.82, 2.24) is 10.3 Å². The van der Waals surface area contributed by atoms with E-state index in [1.807, 2.05) is 30.5 Å². The fraction of sp³-hybridized carbons (Fsp3) is 0.130. The van der Waals surface area contributed by atoms with Crippen LogP contribution >= 0.6 is 11.3 Å². The Hall–Kier alpha value is -3.43. The second-order valence-corrected chi connectivity index (χ2v) is 10.3. The number of H-pyrrole nitrogens is 1. The highest BCUT2D eigenvalue weighted by molar-refractivity contribution is 7.90. The van der Waals surface area contributed by atoms with Crippen LogP contribution in [-0.4, -0.2) is 37.5 Å². The Morgan fingerprint density at radius 3 is 2.62 bits per heavy atom. The first kappa shape index (κ1) is 21.8. The van der Waals surface area contributed by atoms with E-state index in [0.717, 1.165) is 22.7 Å². The van der Waals surface area contributed by atoms with Gasteiger partial charge in [0.2, 0.25) is 5.91 Å². The van der Waals surface area contributed by atoms with Gasteiger partial charge in [-0.1, -0.05) is 30.3 Å². The molecule has 2 aromatic heterocycles. The average molecular weight is 468 g/mol. The quantitative estimate of drug-likeness (QED) is 0.386. The summed E-state index contributed by atoms with van der Waals surface area (Å²) in [5.41, 5.74) is 2.16. The molecule has 1 atom stereocenters. The third kappa shape index (κ3) is 4.90. The van der Waals surface area contributed by atoms with Crippen LogP contribution in [0.5, 0.6) is 0 Å². The summed E-state index contributed by atoms with van der Waals surface area (Å²) in [6.45, 7) is 0. The van der Waals surface area contributed by atoms with Gasteiger partial charge in [0.15, 0.2) is 9.84 Å². The second-order valence-electron chi connectivity index (χ2n) is 7.36. The van der Waals surface area contributed by atoms with Crippen molar-refractivity contribution in [1.29, 1.82) is 0 Å². The Morgan fingerprint density at radius 2 is 1.88 bits per heavy atom. The van der Waals surface area contributed by atoms with E-state index in [2.05, 4.69) is 15.6 Å². The van der Waals surface area contributed by atoms with E-state index in [1.54, 1.807) is 29.6 Å². The van der Waals surface area contributed by atoms with Gasteiger partial charge in [-0.2, -0.15) is 0 Å². The molecule has 0 fully saturated rings. The van der Waals surface area contributed by atoms with Gasteiger partial charge < -0.3 is 15.6 Å². The maximum absolute atomic E-state index is 13.2. The number of aromatic amines is 1. The number of hydrogen-bond donors (Lipinski definition) is 3. The molecule has 9 heteroatoms. The largest absolute Gasteiger partial charge is 0.361 e. The topological polar surface area (TPSA) is 108 Å². The first-order valence-corrected chi connectivity index (χ1v) is 12.6. The lowest BCUT2D eigenvalue weighted by Crippen LogP contribution is -2.45. The number of rotatable bonds is 7. The molecule has 0 aliphatic rings. The van der Waals surface area contributed by atoms with Crippen LogP contribution in [0.15, 0.2) is 77.1 Å². The summed E-state index contributed by atoms with van der Waals surface area (Å²) in [7, 11) is -3.42. The van der Waals surface area contributed by atoms with Crippen molar-refractivity contribution in [2.45, 2.75) is 17.4 Å². The van der Waals surface area contributed by atoms with Crippen molar-refractivity contribution in [3.8, 4) is 0 Å². The molecule has 0 unspecified atom stereocenters. The molecule has 7 nitrogen and oxygen atoms in total. The molecule has 164 valence electrons. The van der Waals surface area contributed by atoms with E-state index in [4.69, 9.17) is 0 Å². The summed E-state index contributed by atoms with van der Waals surface area (Å²) in [6.07, 6.45) is 3.19. The van der Waals surface area contributed by atoms with Crippen molar-refractivity contribution in [2.75, 3.05) is 11.6 Å². The SMILES string of the molecule is CS(=O)(=O)c1cccc(NC(=O)[C@@H](Cc2c[nH]c3ccccc23)NC(=O)c2cccs2)c1. The first-order chi connectivity index (χ1) is 15.3. The van der Waals surface area contributed by atoms with Gasteiger partial charge in [-0.15, -0.1) is 11.3 Å². The van der Waals surface area contributed by atoms with Crippen molar-refractivity contribution in [3.63, 3.8) is 0 Å². The molecule has 2 heterocycles. The predicted molar refractivity (Wildman–Crippen MR) is 126 cm³/mol. The molecule has 0 saturated heterocycles. The molecule has 4 aromatic rings. The molecular formula is C23H21N3O4S2. The summed E-state index contributed by atoms with van der Waals surface area (Å²) in [6, 6.07) is 16.3. The molecule has 4 rings (SSSR count). The minimum atomic E-state index is -3.42. The minimum Gasteiger partial charge on any atom is -0.361 e. The summed E-state index contributed by atoms with van der Waals surface area (Å²) in [5, 5.41) is 8.31. The van der Waals surface area contributed by atoms with E-state index >= 15 is 0 Å². The summed E-state index contributed by atoms with van der Waals surface area (Å²) >= 11 is 1.29. The zero-order chi connectivity index (χ0) is 22.7. The van der Waals surface area contributed by atoms with Crippen molar-refractivity contribution in [3.05, 3.63) is 82.7 Å². The number of aromatic nitrogens is 1. The number of thiophene rings is 1. The van der Waals surface area contributed by atoms with Crippen molar-refractivity contribution < 1.29 is 18.0 Å². The number of carbonyl (C=O) groups excluding carboxylic acids is 2. The zero-order valence-electron chi connectivity index (χ0n) is 17.2. The lowest BCUT2D eigenvalue weighted by molar-refractivity contribution is -0.118. The number of nitrogens with one attached hydrogen (secondary N) is 3. The molecule has 0 bridgehead atoms. The number of hydrogen-bond acceptors (Lipinski definition) is 5. The van der Waals surface area contributed by atoms with Crippen LogP contribution < -0.4 is 10.6 Å². The fourth-order valence-electron chi connectivity index (χ4n) is 3.40. The highest BCUT2D eigenvalue weighted by Crippen LogP contribution is 2.21. The van der Waals surface area contributed by atoms with Crippen molar-refractivity contribution in [2.24, 2.45) is 0 Å². The van der Waals surface area contributed by atoms with Crippen molar-refractivity contribution >= 4 is 49.6 Å². The van der Waals surface area contributed by atoms with Crippen LogP contribution in [0, 0.1) is 0 Å². The lowest BCUT2D eigenvalue weighted by atomic mass is 10.0. The van der Waals surface area contributed by atoms with Gasteiger partial charge in [-0.3, -0.25) is 9.59 Å². The molecule has 0 saturated carbocycles. The number of benzene rings is 2. The number of sulfone groups is 1. The maximum Gasteiger partial charge on any atom is 0.262 e. The number of anilines is 1. The Morgan fingerprint density at radius 1 is 1.06 bits per heavy atom.